The molecule has 0 aliphatic heterocycles. The van der Waals surface area contributed by atoms with Crippen LogP contribution >= 0.6 is 34.5 Å². The number of nitriles is 1. The number of halogens is 2. The van der Waals surface area contributed by atoms with E-state index in [2.05, 4.69) is 11.4 Å². The van der Waals surface area contributed by atoms with Crippen LogP contribution in [-0.2, 0) is 6.42 Å². The van der Waals surface area contributed by atoms with E-state index in [9.17, 15) is 0 Å². The third kappa shape index (κ3) is 2.62. The Kier molecular flexibility index (Phi) is 4.13. The molecule has 0 aliphatic carbocycles. The van der Waals surface area contributed by atoms with Crippen molar-refractivity contribution in [1.29, 1.82) is 5.26 Å². The van der Waals surface area contributed by atoms with Gasteiger partial charge in [-0.25, -0.2) is 0 Å². The van der Waals surface area contributed by atoms with Crippen LogP contribution < -0.4 is 5.32 Å². The van der Waals surface area contributed by atoms with Crippen LogP contribution in [0.1, 0.15) is 10.4 Å². The van der Waals surface area contributed by atoms with Crippen molar-refractivity contribution in [3.8, 4) is 6.07 Å². The molecule has 0 unspecified atom stereocenters. The van der Waals surface area contributed by atoms with Gasteiger partial charge in [0, 0.05) is 10.4 Å². The molecule has 2 nitrogen and oxygen atoms in total. The summed E-state index contributed by atoms with van der Waals surface area (Å²) in [6.07, 6.45) is 0.370. The predicted octanol–water partition coefficient (Wildman–Crippen LogP) is 5.17. The van der Waals surface area contributed by atoms with Crippen LogP contribution in [0.4, 0.5) is 11.4 Å². The monoisotopic (exact) mass is 296 g/mol. The lowest BCUT2D eigenvalue weighted by atomic mass is 10.2. The second-order valence-corrected chi connectivity index (χ2v) is 5.65. The Hall–Kier alpha value is -1.21. The fourth-order valence-corrected chi connectivity index (χ4v) is 2.94. The third-order valence-electron chi connectivity index (χ3n) is 2.53. The third-order valence-corrected chi connectivity index (χ3v) is 4.12. The molecule has 0 saturated carbocycles. The molecule has 1 aromatic carbocycles. The average molecular weight is 297 g/mol. The molecule has 2 aromatic rings. The molecule has 0 atom stereocenters. The number of benzene rings is 1. The maximum Gasteiger partial charge on any atom is 0.0763 e. The van der Waals surface area contributed by atoms with E-state index in [-0.39, 0.29) is 0 Å². The second-order valence-electron chi connectivity index (χ2n) is 3.75. The summed E-state index contributed by atoms with van der Waals surface area (Å²) in [5, 5.41) is 15.2. The van der Waals surface area contributed by atoms with Gasteiger partial charge in [0.2, 0.25) is 0 Å². The van der Waals surface area contributed by atoms with Crippen molar-refractivity contribution in [3.05, 3.63) is 44.1 Å². The number of nitrogens with zero attached hydrogens (tertiary/aromatic N) is 1. The number of anilines is 2. The van der Waals surface area contributed by atoms with Crippen LogP contribution in [0, 0.1) is 18.3 Å². The molecule has 1 heterocycles. The highest BCUT2D eigenvalue weighted by Crippen LogP contribution is 2.36. The molecular formula is C13H10Cl2N2S. The molecule has 0 bridgehead atoms. The average Bonchev–Trinajstić information content (AvgIpc) is 2.66. The zero-order chi connectivity index (χ0) is 13.1. The lowest BCUT2D eigenvalue weighted by Gasteiger charge is -2.11. The van der Waals surface area contributed by atoms with Crippen molar-refractivity contribution < 1.29 is 0 Å². The summed E-state index contributed by atoms with van der Waals surface area (Å²) >= 11 is 13.8. The number of hydrogen-bond acceptors (Lipinski definition) is 3. The van der Waals surface area contributed by atoms with Gasteiger partial charge in [-0.05, 0) is 24.4 Å². The van der Waals surface area contributed by atoms with Crippen LogP contribution in [0.25, 0.3) is 0 Å². The van der Waals surface area contributed by atoms with Gasteiger partial charge in [-0.1, -0.05) is 29.3 Å². The standard InChI is InChI=1S/C13H10Cl2N2S/c1-8-12(9(5-6-16)7-18-8)17-13-10(14)3-2-4-11(13)15/h2-4,7,17H,5H2,1H3. The summed E-state index contributed by atoms with van der Waals surface area (Å²) < 4.78 is 0. The van der Waals surface area contributed by atoms with Crippen LogP contribution in [0.5, 0.6) is 0 Å². The van der Waals surface area contributed by atoms with E-state index in [1.807, 2.05) is 12.3 Å². The number of aryl methyl sites for hydroxylation is 1. The minimum atomic E-state index is 0.370. The van der Waals surface area contributed by atoms with E-state index in [0.29, 0.717) is 22.2 Å². The number of nitrogens with one attached hydrogen (secondary N) is 1. The van der Waals surface area contributed by atoms with Crippen molar-refractivity contribution >= 4 is 45.9 Å². The molecule has 92 valence electrons. The van der Waals surface area contributed by atoms with Crippen LogP contribution in [0.15, 0.2) is 23.6 Å². The molecule has 18 heavy (non-hydrogen) atoms. The Morgan fingerprint density at radius 2 is 1.94 bits per heavy atom. The van der Waals surface area contributed by atoms with E-state index in [1.165, 1.54) is 0 Å². The Labute approximate surface area is 120 Å². The first-order chi connectivity index (χ1) is 8.63. The highest BCUT2D eigenvalue weighted by atomic mass is 35.5. The summed E-state index contributed by atoms with van der Waals surface area (Å²) in [5.74, 6) is 0. The van der Waals surface area contributed by atoms with Gasteiger partial charge in [-0.3, -0.25) is 0 Å². The number of para-hydroxylation sites is 1. The summed E-state index contributed by atoms with van der Waals surface area (Å²) in [5.41, 5.74) is 2.58. The maximum absolute atomic E-state index is 8.80. The van der Waals surface area contributed by atoms with Gasteiger partial charge in [0.25, 0.3) is 0 Å². The van der Waals surface area contributed by atoms with E-state index in [4.69, 9.17) is 28.5 Å². The molecule has 1 N–H and O–H groups in total. The summed E-state index contributed by atoms with van der Waals surface area (Å²) in [4.78, 5) is 1.11. The van der Waals surface area contributed by atoms with Crippen molar-refractivity contribution in [2.24, 2.45) is 0 Å². The Balaban J connectivity index is 2.40. The van der Waals surface area contributed by atoms with Crippen molar-refractivity contribution in [2.75, 3.05) is 5.32 Å². The molecule has 2 rings (SSSR count). The molecule has 0 spiro atoms. The topological polar surface area (TPSA) is 35.8 Å². The maximum atomic E-state index is 8.80. The van der Waals surface area contributed by atoms with Crippen molar-refractivity contribution in [2.45, 2.75) is 13.3 Å². The van der Waals surface area contributed by atoms with Gasteiger partial charge in [-0.2, -0.15) is 5.26 Å². The molecule has 1 aromatic heterocycles. The first-order valence-corrected chi connectivity index (χ1v) is 6.92. The Morgan fingerprint density at radius 3 is 2.56 bits per heavy atom. The van der Waals surface area contributed by atoms with Gasteiger partial charge in [0.05, 0.1) is 33.9 Å². The molecule has 0 fully saturated rings. The van der Waals surface area contributed by atoms with Crippen LogP contribution in [-0.4, -0.2) is 0 Å². The van der Waals surface area contributed by atoms with E-state index >= 15 is 0 Å². The van der Waals surface area contributed by atoms with Gasteiger partial charge in [0.1, 0.15) is 0 Å². The van der Waals surface area contributed by atoms with Crippen LogP contribution in [0.3, 0.4) is 0 Å². The van der Waals surface area contributed by atoms with Crippen molar-refractivity contribution in [1.82, 2.24) is 0 Å². The van der Waals surface area contributed by atoms with Gasteiger partial charge >= 0.3 is 0 Å². The number of rotatable bonds is 3. The Morgan fingerprint density at radius 1 is 1.28 bits per heavy atom. The molecule has 0 aliphatic rings. The minimum absolute atomic E-state index is 0.370. The lowest BCUT2D eigenvalue weighted by molar-refractivity contribution is 1.27. The largest absolute Gasteiger partial charge is 0.352 e. The van der Waals surface area contributed by atoms with Crippen LogP contribution in [0.2, 0.25) is 10.0 Å². The first-order valence-electron chi connectivity index (χ1n) is 5.28. The van der Waals surface area contributed by atoms with Gasteiger partial charge in [-0.15, -0.1) is 11.3 Å². The normalized spacial score (nSPS) is 10.1. The summed E-state index contributed by atoms with van der Waals surface area (Å²) in [6.45, 7) is 2.00. The summed E-state index contributed by atoms with van der Waals surface area (Å²) in [6, 6.07) is 7.51. The SMILES string of the molecule is Cc1scc(CC#N)c1Nc1c(Cl)cccc1Cl. The predicted molar refractivity (Wildman–Crippen MR) is 78.1 cm³/mol. The zero-order valence-electron chi connectivity index (χ0n) is 9.63. The highest BCUT2D eigenvalue weighted by molar-refractivity contribution is 7.10. The quantitative estimate of drug-likeness (QED) is 0.848. The summed E-state index contributed by atoms with van der Waals surface area (Å²) in [7, 11) is 0. The molecular weight excluding hydrogens is 287 g/mol. The van der Waals surface area contributed by atoms with Gasteiger partial charge in [0.15, 0.2) is 0 Å². The second kappa shape index (κ2) is 5.62. The first kappa shape index (κ1) is 13.2. The molecule has 0 saturated heterocycles. The number of thiophene rings is 1. The minimum Gasteiger partial charge on any atom is -0.352 e. The molecule has 0 radical (unpaired) electrons. The fourth-order valence-electron chi connectivity index (χ4n) is 1.63. The van der Waals surface area contributed by atoms with E-state index in [0.717, 1.165) is 16.1 Å². The fraction of sp³-hybridized carbons (Fsp3) is 0.154. The van der Waals surface area contributed by atoms with E-state index in [1.54, 1.807) is 29.5 Å². The highest BCUT2D eigenvalue weighted by Gasteiger charge is 2.12. The number of hydrogen-bond donors (Lipinski definition) is 1. The molecule has 0 amide bonds. The Bertz CT molecular complexity index is 594. The van der Waals surface area contributed by atoms with E-state index < -0.39 is 0 Å². The lowest BCUT2D eigenvalue weighted by Crippen LogP contribution is -1.95. The molecule has 5 heteroatoms. The smallest absolute Gasteiger partial charge is 0.0763 e. The van der Waals surface area contributed by atoms with Crippen molar-refractivity contribution in [3.63, 3.8) is 0 Å². The van der Waals surface area contributed by atoms with Gasteiger partial charge < -0.3 is 5.32 Å². The zero-order valence-corrected chi connectivity index (χ0v) is 12.0.